The van der Waals surface area contributed by atoms with Crippen molar-refractivity contribution in [2.24, 2.45) is 0 Å². The number of ether oxygens (including phenoxy) is 1. The van der Waals surface area contributed by atoms with Crippen LogP contribution in [0.25, 0.3) is 0 Å². The molecule has 0 aromatic heterocycles. The van der Waals surface area contributed by atoms with Crippen LogP contribution in [0.3, 0.4) is 0 Å². The van der Waals surface area contributed by atoms with Crippen LogP contribution in [0.2, 0.25) is 0 Å². The zero-order valence-electron chi connectivity index (χ0n) is 10.4. The number of carbonyl (C=O) groups is 1. The third-order valence-electron chi connectivity index (χ3n) is 2.54. The topological polar surface area (TPSA) is 29.5 Å². The molecule has 0 spiro atoms. The lowest BCUT2D eigenvalue weighted by molar-refractivity contribution is -0.144. The van der Waals surface area contributed by atoms with Gasteiger partial charge in [-0.25, -0.2) is 0 Å². The Morgan fingerprint density at radius 3 is 2.33 bits per heavy atom. The number of unbranched alkanes of at least 4 members (excludes halogenated alkanes) is 2. The number of rotatable bonds is 9. The molecule has 0 rings (SSSR count). The molecule has 90 valence electrons. The minimum absolute atomic E-state index is 0.0574. The molecule has 0 N–H and O–H groups in total. The molecular formula is C12H25NO2. The summed E-state index contributed by atoms with van der Waals surface area (Å²) in [6, 6.07) is 0. The van der Waals surface area contributed by atoms with Crippen LogP contribution in [-0.2, 0) is 9.53 Å². The normalized spacial score (nSPS) is 10.7. The van der Waals surface area contributed by atoms with Gasteiger partial charge in [0.05, 0.1) is 13.0 Å². The van der Waals surface area contributed by atoms with Crippen LogP contribution in [0.15, 0.2) is 0 Å². The Hall–Kier alpha value is -0.570. The number of esters is 1. The lowest BCUT2D eigenvalue weighted by atomic mass is 10.3. The van der Waals surface area contributed by atoms with E-state index in [-0.39, 0.29) is 5.97 Å². The third-order valence-corrected chi connectivity index (χ3v) is 2.54. The predicted molar refractivity (Wildman–Crippen MR) is 62.9 cm³/mol. The average molecular weight is 215 g/mol. The van der Waals surface area contributed by atoms with Gasteiger partial charge in [-0.3, -0.25) is 4.79 Å². The molecule has 3 nitrogen and oxygen atoms in total. The number of carbonyl (C=O) groups excluding carboxylic acids is 1. The van der Waals surface area contributed by atoms with Gasteiger partial charge < -0.3 is 9.64 Å². The largest absolute Gasteiger partial charge is 0.466 e. The molecule has 0 radical (unpaired) electrons. The molecule has 15 heavy (non-hydrogen) atoms. The first-order valence-corrected chi connectivity index (χ1v) is 6.12. The fourth-order valence-electron chi connectivity index (χ4n) is 1.40. The Morgan fingerprint density at radius 2 is 1.80 bits per heavy atom. The highest BCUT2D eigenvalue weighted by Crippen LogP contribution is 1.97. The van der Waals surface area contributed by atoms with Crippen LogP contribution in [0.1, 0.15) is 46.5 Å². The highest BCUT2D eigenvalue weighted by Gasteiger charge is 2.05. The van der Waals surface area contributed by atoms with Gasteiger partial charge in [0, 0.05) is 6.54 Å². The second-order valence-corrected chi connectivity index (χ2v) is 3.70. The van der Waals surface area contributed by atoms with Gasteiger partial charge >= 0.3 is 5.97 Å². The maximum Gasteiger partial charge on any atom is 0.307 e. The van der Waals surface area contributed by atoms with Crippen molar-refractivity contribution in [1.82, 2.24) is 4.90 Å². The maximum absolute atomic E-state index is 11.3. The summed E-state index contributed by atoms with van der Waals surface area (Å²) in [6.07, 6.45) is 3.82. The Kier molecular flexibility index (Phi) is 9.59. The monoisotopic (exact) mass is 215 g/mol. The van der Waals surface area contributed by atoms with Crippen molar-refractivity contribution in [2.75, 3.05) is 26.2 Å². The molecule has 0 bridgehead atoms. The standard InChI is InChI=1S/C12H25NO2/c1-4-7-8-11-15-12(14)9-10-13(5-2)6-3/h4-11H2,1-3H3. The molecule has 0 heterocycles. The Bertz CT molecular complexity index is 156. The van der Waals surface area contributed by atoms with Crippen molar-refractivity contribution in [1.29, 1.82) is 0 Å². The van der Waals surface area contributed by atoms with E-state index >= 15 is 0 Å². The van der Waals surface area contributed by atoms with Crippen molar-refractivity contribution >= 4 is 5.97 Å². The molecule has 0 saturated heterocycles. The van der Waals surface area contributed by atoms with E-state index in [0.717, 1.165) is 38.9 Å². The zero-order valence-corrected chi connectivity index (χ0v) is 10.4. The van der Waals surface area contributed by atoms with E-state index in [1.807, 2.05) is 0 Å². The molecule has 0 aliphatic carbocycles. The average Bonchev–Trinajstić information content (AvgIpc) is 2.26. The minimum Gasteiger partial charge on any atom is -0.466 e. The minimum atomic E-state index is -0.0574. The lowest BCUT2D eigenvalue weighted by Gasteiger charge is -2.16. The van der Waals surface area contributed by atoms with E-state index in [4.69, 9.17) is 4.74 Å². The van der Waals surface area contributed by atoms with Crippen LogP contribution in [0.4, 0.5) is 0 Å². The van der Waals surface area contributed by atoms with E-state index in [1.165, 1.54) is 0 Å². The first kappa shape index (κ1) is 14.4. The Balaban J connectivity index is 3.40. The van der Waals surface area contributed by atoms with Gasteiger partial charge in [-0.05, 0) is 19.5 Å². The molecule has 0 saturated carbocycles. The van der Waals surface area contributed by atoms with Crippen LogP contribution in [0.5, 0.6) is 0 Å². The molecule has 0 atom stereocenters. The highest BCUT2D eigenvalue weighted by molar-refractivity contribution is 5.69. The Labute approximate surface area is 93.8 Å². The van der Waals surface area contributed by atoms with E-state index < -0.39 is 0 Å². The van der Waals surface area contributed by atoms with Gasteiger partial charge in [0.15, 0.2) is 0 Å². The van der Waals surface area contributed by atoms with Crippen molar-refractivity contribution in [3.63, 3.8) is 0 Å². The number of hydrogen-bond acceptors (Lipinski definition) is 3. The van der Waals surface area contributed by atoms with Crippen molar-refractivity contribution < 1.29 is 9.53 Å². The van der Waals surface area contributed by atoms with E-state index in [9.17, 15) is 4.79 Å². The molecule has 0 fully saturated rings. The molecular weight excluding hydrogens is 190 g/mol. The molecule has 0 aliphatic rings. The molecule has 0 aliphatic heterocycles. The summed E-state index contributed by atoms with van der Waals surface area (Å²) in [4.78, 5) is 13.5. The van der Waals surface area contributed by atoms with Gasteiger partial charge in [0.1, 0.15) is 0 Å². The smallest absolute Gasteiger partial charge is 0.307 e. The van der Waals surface area contributed by atoms with Crippen molar-refractivity contribution in [3.8, 4) is 0 Å². The third kappa shape index (κ3) is 8.43. The maximum atomic E-state index is 11.3. The van der Waals surface area contributed by atoms with Crippen molar-refractivity contribution in [2.45, 2.75) is 46.5 Å². The fraction of sp³-hybridized carbons (Fsp3) is 0.917. The molecule has 0 aromatic rings. The SMILES string of the molecule is CCCCCOC(=O)CCN(CC)CC. The van der Waals surface area contributed by atoms with E-state index in [1.54, 1.807) is 0 Å². The summed E-state index contributed by atoms with van der Waals surface area (Å²) < 4.78 is 5.12. The predicted octanol–water partition coefficient (Wildman–Crippen LogP) is 2.45. The number of nitrogens with zero attached hydrogens (tertiary/aromatic N) is 1. The molecule has 0 unspecified atom stereocenters. The van der Waals surface area contributed by atoms with Gasteiger partial charge in [-0.15, -0.1) is 0 Å². The quantitative estimate of drug-likeness (QED) is 0.437. The first-order valence-electron chi connectivity index (χ1n) is 6.12. The highest BCUT2D eigenvalue weighted by atomic mass is 16.5. The van der Waals surface area contributed by atoms with Gasteiger partial charge in [0.2, 0.25) is 0 Å². The van der Waals surface area contributed by atoms with E-state index in [2.05, 4.69) is 25.7 Å². The van der Waals surface area contributed by atoms with Crippen LogP contribution in [0, 0.1) is 0 Å². The lowest BCUT2D eigenvalue weighted by Crippen LogP contribution is -2.26. The van der Waals surface area contributed by atoms with Gasteiger partial charge in [-0.1, -0.05) is 33.6 Å². The molecule has 0 amide bonds. The zero-order chi connectivity index (χ0) is 11.5. The van der Waals surface area contributed by atoms with Crippen LogP contribution in [-0.4, -0.2) is 37.1 Å². The second kappa shape index (κ2) is 9.97. The molecule has 3 heteroatoms. The summed E-state index contributed by atoms with van der Waals surface area (Å²) in [5, 5.41) is 0. The van der Waals surface area contributed by atoms with Crippen LogP contribution < -0.4 is 0 Å². The van der Waals surface area contributed by atoms with Gasteiger partial charge in [0.25, 0.3) is 0 Å². The Morgan fingerprint density at radius 1 is 1.13 bits per heavy atom. The number of hydrogen-bond donors (Lipinski definition) is 0. The summed E-state index contributed by atoms with van der Waals surface area (Å²) in [5.41, 5.74) is 0. The summed E-state index contributed by atoms with van der Waals surface area (Å²) in [5.74, 6) is -0.0574. The molecule has 0 aromatic carbocycles. The van der Waals surface area contributed by atoms with E-state index in [0.29, 0.717) is 13.0 Å². The summed E-state index contributed by atoms with van der Waals surface area (Å²) >= 11 is 0. The summed E-state index contributed by atoms with van der Waals surface area (Å²) in [6.45, 7) is 9.76. The first-order chi connectivity index (χ1) is 7.24. The van der Waals surface area contributed by atoms with Gasteiger partial charge in [-0.2, -0.15) is 0 Å². The second-order valence-electron chi connectivity index (χ2n) is 3.70. The van der Waals surface area contributed by atoms with Crippen molar-refractivity contribution in [3.05, 3.63) is 0 Å². The summed E-state index contributed by atoms with van der Waals surface area (Å²) in [7, 11) is 0. The fourth-order valence-corrected chi connectivity index (χ4v) is 1.40. The van der Waals surface area contributed by atoms with Crippen LogP contribution >= 0.6 is 0 Å².